The zero-order chi connectivity index (χ0) is 18.4. The standard InChI is InChI=1S/C22H18ClN3O/c23-16-9-7-15(8-10-16)21-24-13-20-18-6-2-1-5-17(18)19(14-26(20)21)22(27)25-11-3-4-12-25/h1-2,5-10,13-14H,3-4,11-12H2. The molecule has 1 fully saturated rings. The van der Waals surface area contributed by atoms with Gasteiger partial charge in [-0.25, -0.2) is 4.98 Å². The van der Waals surface area contributed by atoms with E-state index >= 15 is 0 Å². The number of hydrogen-bond acceptors (Lipinski definition) is 2. The highest BCUT2D eigenvalue weighted by Gasteiger charge is 2.23. The molecule has 0 aliphatic carbocycles. The summed E-state index contributed by atoms with van der Waals surface area (Å²) in [5.41, 5.74) is 2.69. The van der Waals surface area contributed by atoms with Crippen molar-refractivity contribution in [3.63, 3.8) is 0 Å². The molecule has 2 aromatic carbocycles. The molecule has 0 atom stereocenters. The first-order valence-corrected chi connectivity index (χ1v) is 9.54. The molecule has 5 heteroatoms. The van der Waals surface area contributed by atoms with Crippen molar-refractivity contribution in [1.82, 2.24) is 14.3 Å². The van der Waals surface area contributed by atoms with Gasteiger partial charge in [-0.05, 0) is 42.5 Å². The van der Waals surface area contributed by atoms with Crippen LogP contribution in [0, 0.1) is 0 Å². The number of rotatable bonds is 2. The number of likely N-dealkylation sites (tertiary alicyclic amines) is 1. The highest BCUT2D eigenvalue weighted by atomic mass is 35.5. The van der Waals surface area contributed by atoms with Gasteiger partial charge in [0.2, 0.25) is 0 Å². The number of aromatic nitrogens is 2. The van der Waals surface area contributed by atoms with Gasteiger partial charge in [0.15, 0.2) is 0 Å². The number of hydrogen-bond donors (Lipinski definition) is 0. The van der Waals surface area contributed by atoms with Crippen LogP contribution in [0.25, 0.3) is 27.7 Å². The number of carbonyl (C=O) groups excluding carboxylic acids is 1. The van der Waals surface area contributed by atoms with Gasteiger partial charge in [0.05, 0.1) is 17.3 Å². The lowest BCUT2D eigenvalue weighted by atomic mass is 10.1. The number of nitrogens with zero attached hydrogens (tertiary/aromatic N) is 3. The molecule has 1 amide bonds. The molecular weight excluding hydrogens is 358 g/mol. The number of benzene rings is 2. The fourth-order valence-corrected chi connectivity index (χ4v) is 4.03. The predicted octanol–water partition coefficient (Wildman–Crippen LogP) is 5.04. The molecule has 3 heterocycles. The number of halogens is 1. The van der Waals surface area contributed by atoms with Crippen molar-refractivity contribution in [2.24, 2.45) is 0 Å². The second-order valence-corrected chi connectivity index (χ2v) is 7.37. The van der Waals surface area contributed by atoms with Gasteiger partial charge in [-0.1, -0.05) is 35.9 Å². The number of pyridine rings is 1. The SMILES string of the molecule is O=C(c1cn2c(-c3ccc(Cl)cc3)ncc2c2ccccc12)N1CCCC1. The van der Waals surface area contributed by atoms with Crippen molar-refractivity contribution >= 4 is 33.8 Å². The summed E-state index contributed by atoms with van der Waals surface area (Å²) in [6.07, 6.45) is 5.96. The molecule has 2 aromatic heterocycles. The molecular formula is C22H18ClN3O. The van der Waals surface area contributed by atoms with E-state index in [0.717, 1.165) is 59.2 Å². The second-order valence-electron chi connectivity index (χ2n) is 6.93. The average Bonchev–Trinajstić information content (AvgIpc) is 3.38. The third-order valence-electron chi connectivity index (χ3n) is 5.27. The topological polar surface area (TPSA) is 37.6 Å². The van der Waals surface area contributed by atoms with Gasteiger partial charge < -0.3 is 4.90 Å². The van der Waals surface area contributed by atoms with Crippen molar-refractivity contribution < 1.29 is 4.79 Å². The molecule has 1 aliphatic rings. The van der Waals surface area contributed by atoms with Crippen LogP contribution in [-0.2, 0) is 0 Å². The van der Waals surface area contributed by atoms with Crippen LogP contribution in [0.5, 0.6) is 0 Å². The summed E-state index contributed by atoms with van der Waals surface area (Å²) in [6, 6.07) is 15.7. The van der Waals surface area contributed by atoms with Gasteiger partial charge in [-0.15, -0.1) is 0 Å². The summed E-state index contributed by atoms with van der Waals surface area (Å²) in [6.45, 7) is 1.67. The fourth-order valence-electron chi connectivity index (χ4n) is 3.90. The summed E-state index contributed by atoms with van der Waals surface area (Å²) in [7, 11) is 0. The van der Waals surface area contributed by atoms with Crippen molar-refractivity contribution in [3.05, 3.63) is 71.5 Å². The molecule has 4 nitrogen and oxygen atoms in total. The van der Waals surface area contributed by atoms with Gasteiger partial charge >= 0.3 is 0 Å². The first kappa shape index (κ1) is 16.3. The summed E-state index contributed by atoms with van der Waals surface area (Å²) >= 11 is 6.03. The van der Waals surface area contributed by atoms with Crippen molar-refractivity contribution in [2.45, 2.75) is 12.8 Å². The van der Waals surface area contributed by atoms with Gasteiger partial charge in [0.1, 0.15) is 5.82 Å². The number of imidazole rings is 1. The average molecular weight is 376 g/mol. The lowest BCUT2D eigenvalue weighted by molar-refractivity contribution is 0.0794. The van der Waals surface area contributed by atoms with E-state index in [2.05, 4.69) is 11.1 Å². The Hall–Kier alpha value is -2.85. The fraction of sp³-hybridized carbons (Fsp3) is 0.182. The van der Waals surface area contributed by atoms with Crippen LogP contribution < -0.4 is 0 Å². The highest BCUT2D eigenvalue weighted by molar-refractivity contribution is 6.30. The number of fused-ring (bicyclic) bond motifs is 3. The smallest absolute Gasteiger partial charge is 0.255 e. The summed E-state index contributed by atoms with van der Waals surface area (Å²) in [5, 5.41) is 2.70. The minimum Gasteiger partial charge on any atom is -0.339 e. The monoisotopic (exact) mass is 375 g/mol. The minimum atomic E-state index is 0.0985. The van der Waals surface area contributed by atoms with E-state index in [4.69, 9.17) is 11.6 Å². The van der Waals surface area contributed by atoms with Crippen LogP contribution in [0.2, 0.25) is 5.02 Å². The molecule has 4 aromatic rings. The number of amides is 1. The van der Waals surface area contributed by atoms with E-state index in [1.54, 1.807) is 0 Å². The Bertz CT molecular complexity index is 1160. The van der Waals surface area contributed by atoms with Gasteiger partial charge in [0, 0.05) is 35.3 Å². The molecule has 0 bridgehead atoms. The Kier molecular flexibility index (Phi) is 3.87. The molecule has 1 saturated heterocycles. The Labute approximate surface area is 162 Å². The van der Waals surface area contributed by atoms with Crippen LogP contribution in [0.15, 0.2) is 60.9 Å². The van der Waals surface area contributed by atoms with E-state index < -0.39 is 0 Å². The Balaban J connectivity index is 1.76. The van der Waals surface area contributed by atoms with Crippen LogP contribution in [0.4, 0.5) is 0 Å². The largest absolute Gasteiger partial charge is 0.339 e. The van der Waals surface area contributed by atoms with E-state index in [-0.39, 0.29) is 5.91 Å². The highest BCUT2D eigenvalue weighted by Crippen LogP contribution is 2.30. The zero-order valence-electron chi connectivity index (χ0n) is 14.7. The molecule has 1 aliphatic heterocycles. The second kappa shape index (κ2) is 6.39. The Morgan fingerprint density at radius 3 is 2.41 bits per heavy atom. The Morgan fingerprint density at radius 1 is 0.963 bits per heavy atom. The summed E-state index contributed by atoms with van der Waals surface area (Å²) < 4.78 is 2.02. The molecule has 0 radical (unpaired) electrons. The summed E-state index contributed by atoms with van der Waals surface area (Å²) in [4.78, 5) is 19.8. The first-order chi connectivity index (χ1) is 13.2. The van der Waals surface area contributed by atoms with E-state index in [1.807, 2.05) is 64.2 Å². The van der Waals surface area contributed by atoms with Crippen LogP contribution in [0.1, 0.15) is 23.2 Å². The zero-order valence-corrected chi connectivity index (χ0v) is 15.5. The van der Waals surface area contributed by atoms with Crippen molar-refractivity contribution in [1.29, 1.82) is 0 Å². The van der Waals surface area contributed by atoms with E-state index in [9.17, 15) is 4.79 Å². The van der Waals surface area contributed by atoms with Crippen molar-refractivity contribution in [3.8, 4) is 11.4 Å². The van der Waals surface area contributed by atoms with Gasteiger partial charge in [-0.3, -0.25) is 9.20 Å². The first-order valence-electron chi connectivity index (χ1n) is 9.16. The third-order valence-corrected chi connectivity index (χ3v) is 5.53. The molecule has 0 N–H and O–H groups in total. The van der Waals surface area contributed by atoms with E-state index in [1.165, 1.54) is 0 Å². The van der Waals surface area contributed by atoms with Crippen molar-refractivity contribution in [2.75, 3.05) is 13.1 Å². The molecule has 5 rings (SSSR count). The lowest BCUT2D eigenvalue weighted by Gasteiger charge is -2.17. The van der Waals surface area contributed by atoms with Gasteiger partial charge in [-0.2, -0.15) is 0 Å². The van der Waals surface area contributed by atoms with Gasteiger partial charge in [0.25, 0.3) is 5.91 Å². The minimum absolute atomic E-state index is 0.0985. The molecule has 0 unspecified atom stereocenters. The maximum Gasteiger partial charge on any atom is 0.255 e. The molecule has 27 heavy (non-hydrogen) atoms. The van der Waals surface area contributed by atoms with E-state index in [0.29, 0.717) is 5.02 Å². The summed E-state index contributed by atoms with van der Waals surface area (Å²) in [5.74, 6) is 0.907. The Morgan fingerprint density at radius 2 is 1.67 bits per heavy atom. The maximum absolute atomic E-state index is 13.2. The van der Waals surface area contributed by atoms with Crippen LogP contribution in [0.3, 0.4) is 0 Å². The maximum atomic E-state index is 13.2. The molecule has 0 spiro atoms. The van der Waals surface area contributed by atoms with Crippen LogP contribution in [-0.4, -0.2) is 33.3 Å². The molecule has 0 saturated carbocycles. The molecule has 134 valence electrons. The predicted molar refractivity (Wildman–Crippen MR) is 108 cm³/mol. The van der Waals surface area contributed by atoms with Crippen LogP contribution >= 0.6 is 11.6 Å². The number of carbonyl (C=O) groups is 1. The third kappa shape index (κ3) is 2.68. The quantitative estimate of drug-likeness (QED) is 0.492. The lowest BCUT2D eigenvalue weighted by Crippen LogP contribution is -2.28. The normalized spacial score (nSPS) is 14.3.